The van der Waals surface area contributed by atoms with Gasteiger partial charge in [-0.25, -0.2) is 9.97 Å². The van der Waals surface area contributed by atoms with Crippen LogP contribution >= 0.6 is 11.6 Å². The molecule has 8 nitrogen and oxygen atoms in total. The van der Waals surface area contributed by atoms with Gasteiger partial charge in [-0.3, -0.25) is 19.3 Å². The first-order valence-electron chi connectivity index (χ1n) is 11.8. The van der Waals surface area contributed by atoms with Gasteiger partial charge in [-0.1, -0.05) is 23.7 Å². The van der Waals surface area contributed by atoms with Gasteiger partial charge in [-0.05, 0) is 43.4 Å². The van der Waals surface area contributed by atoms with Crippen LogP contribution in [0.4, 0.5) is 5.95 Å². The van der Waals surface area contributed by atoms with E-state index in [2.05, 4.69) is 4.98 Å². The maximum absolute atomic E-state index is 13.3. The Balaban J connectivity index is 1.58. The van der Waals surface area contributed by atoms with Crippen molar-refractivity contribution in [1.29, 1.82) is 0 Å². The summed E-state index contributed by atoms with van der Waals surface area (Å²) in [4.78, 5) is 51.5. The Bertz CT molecular complexity index is 1070. The molecule has 0 spiro atoms. The van der Waals surface area contributed by atoms with Crippen LogP contribution in [-0.4, -0.2) is 64.7 Å². The zero-order valence-corrected chi connectivity index (χ0v) is 20.4. The lowest BCUT2D eigenvalue weighted by atomic mass is 9.93. The zero-order chi connectivity index (χ0) is 24.2. The highest BCUT2D eigenvalue weighted by Crippen LogP contribution is 2.37. The highest BCUT2D eigenvalue weighted by Gasteiger charge is 2.32. The molecule has 0 bridgehead atoms. The fraction of sp³-hybridized carbons (Fsp3) is 0.480. The van der Waals surface area contributed by atoms with Crippen LogP contribution in [0.25, 0.3) is 11.1 Å². The minimum atomic E-state index is -0.174. The highest BCUT2D eigenvalue weighted by molar-refractivity contribution is 6.30. The molecular weight excluding hydrogens is 454 g/mol. The Morgan fingerprint density at radius 1 is 1.18 bits per heavy atom. The van der Waals surface area contributed by atoms with Gasteiger partial charge in [0.05, 0.1) is 11.7 Å². The van der Waals surface area contributed by atoms with Crippen molar-refractivity contribution >= 4 is 35.3 Å². The molecule has 3 amide bonds. The molecule has 34 heavy (non-hydrogen) atoms. The SMILES string of the molecule is CN(C)c1ncc(-c2cccc(Cl)c2)c([C@@H]2CCCCN2C(=O)CCCN2C(=O)CCC2=O)n1. The van der Waals surface area contributed by atoms with Crippen LogP contribution in [-0.2, 0) is 14.4 Å². The molecule has 1 atom stereocenters. The first-order chi connectivity index (χ1) is 16.3. The van der Waals surface area contributed by atoms with Crippen LogP contribution in [0.5, 0.6) is 0 Å². The van der Waals surface area contributed by atoms with Gasteiger partial charge in [0, 0.05) is 63.2 Å². The molecule has 1 aromatic heterocycles. The van der Waals surface area contributed by atoms with Crippen LogP contribution < -0.4 is 4.90 Å². The molecule has 2 aromatic rings. The molecule has 2 aliphatic heterocycles. The molecule has 0 radical (unpaired) electrons. The number of hydrogen-bond donors (Lipinski definition) is 0. The summed E-state index contributed by atoms with van der Waals surface area (Å²) in [5.74, 6) is 0.323. The van der Waals surface area contributed by atoms with Gasteiger partial charge in [0.1, 0.15) is 0 Å². The van der Waals surface area contributed by atoms with Crippen molar-refractivity contribution in [3.63, 3.8) is 0 Å². The summed E-state index contributed by atoms with van der Waals surface area (Å²) in [6.07, 6.45) is 5.85. The number of benzene rings is 1. The molecular formula is C25H30ClN5O3. The summed E-state index contributed by atoms with van der Waals surface area (Å²) in [5, 5.41) is 0.628. The van der Waals surface area contributed by atoms with Crippen LogP contribution in [0.1, 0.15) is 56.7 Å². The van der Waals surface area contributed by atoms with Crippen molar-refractivity contribution in [3.05, 3.63) is 41.2 Å². The predicted octanol–water partition coefficient (Wildman–Crippen LogP) is 3.85. The van der Waals surface area contributed by atoms with Gasteiger partial charge in [-0.2, -0.15) is 0 Å². The van der Waals surface area contributed by atoms with E-state index in [1.54, 1.807) is 0 Å². The number of piperidine rings is 1. The number of hydrogen-bond acceptors (Lipinski definition) is 6. The minimum Gasteiger partial charge on any atom is -0.347 e. The zero-order valence-electron chi connectivity index (χ0n) is 19.7. The summed E-state index contributed by atoms with van der Waals surface area (Å²) in [7, 11) is 3.78. The van der Waals surface area contributed by atoms with E-state index < -0.39 is 0 Å². The third-order valence-corrected chi connectivity index (χ3v) is 6.64. The van der Waals surface area contributed by atoms with E-state index in [1.807, 2.05) is 54.4 Å². The molecule has 2 saturated heterocycles. The van der Waals surface area contributed by atoms with Crippen molar-refractivity contribution in [2.75, 3.05) is 32.1 Å². The monoisotopic (exact) mass is 483 g/mol. The lowest BCUT2D eigenvalue weighted by molar-refractivity contribution is -0.140. The largest absolute Gasteiger partial charge is 0.347 e. The van der Waals surface area contributed by atoms with Crippen LogP contribution in [0.2, 0.25) is 5.02 Å². The molecule has 0 unspecified atom stereocenters. The first-order valence-corrected chi connectivity index (χ1v) is 12.2. The number of carbonyl (C=O) groups excluding carboxylic acids is 3. The number of likely N-dealkylation sites (tertiary alicyclic amines) is 2. The van der Waals surface area contributed by atoms with Gasteiger partial charge in [0.25, 0.3) is 0 Å². The van der Waals surface area contributed by atoms with Gasteiger partial charge >= 0.3 is 0 Å². The molecule has 2 aliphatic rings. The lowest BCUT2D eigenvalue weighted by Crippen LogP contribution is -2.39. The van der Waals surface area contributed by atoms with Crippen LogP contribution in [0.3, 0.4) is 0 Å². The second kappa shape index (κ2) is 10.5. The molecule has 0 aliphatic carbocycles. The fourth-order valence-electron chi connectivity index (χ4n) is 4.65. The number of nitrogens with zero attached hydrogens (tertiary/aromatic N) is 5. The van der Waals surface area contributed by atoms with Gasteiger partial charge < -0.3 is 9.80 Å². The summed E-state index contributed by atoms with van der Waals surface area (Å²) < 4.78 is 0. The summed E-state index contributed by atoms with van der Waals surface area (Å²) in [6.45, 7) is 0.954. The van der Waals surface area contributed by atoms with Crippen molar-refractivity contribution < 1.29 is 14.4 Å². The maximum Gasteiger partial charge on any atom is 0.229 e. The molecule has 180 valence electrons. The summed E-state index contributed by atoms with van der Waals surface area (Å²) in [6, 6.07) is 7.41. The third-order valence-electron chi connectivity index (χ3n) is 6.41. The summed E-state index contributed by atoms with van der Waals surface area (Å²) in [5.41, 5.74) is 2.60. The molecule has 4 rings (SSSR count). The Labute approximate surface area is 204 Å². The maximum atomic E-state index is 13.3. The number of anilines is 1. The van der Waals surface area contributed by atoms with Crippen molar-refractivity contribution in [2.24, 2.45) is 0 Å². The predicted molar refractivity (Wildman–Crippen MR) is 130 cm³/mol. The molecule has 0 N–H and O–H groups in total. The lowest BCUT2D eigenvalue weighted by Gasteiger charge is -2.36. The second-order valence-corrected chi connectivity index (χ2v) is 9.45. The molecule has 1 aromatic carbocycles. The average Bonchev–Trinajstić information content (AvgIpc) is 3.15. The molecule has 2 fully saturated rings. The Morgan fingerprint density at radius 3 is 2.65 bits per heavy atom. The Morgan fingerprint density at radius 2 is 1.94 bits per heavy atom. The normalized spacial score (nSPS) is 18.5. The van der Waals surface area contributed by atoms with Gasteiger partial charge in [0.2, 0.25) is 23.7 Å². The Hall–Kier alpha value is -3.00. The molecule has 9 heteroatoms. The number of carbonyl (C=O) groups is 3. The van der Waals surface area contributed by atoms with Gasteiger partial charge in [-0.15, -0.1) is 0 Å². The smallest absolute Gasteiger partial charge is 0.229 e. The average molecular weight is 484 g/mol. The van der Waals surface area contributed by atoms with E-state index in [0.29, 0.717) is 30.5 Å². The van der Waals surface area contributed by atoms with E-state index in [9.17, 15) is 14.4 Å². The standard InChI is InChI=1S/C25H30ClN5O3/c1-29(2)25-27-16-19(17-7-5-8-18(26)15-17)24(28-25)20-9-3-4-13-30(20)21(32)10-6-14-31-22(33)11-12-23(31)34/h5,7-8,15-16,20H,3-4,6,9-14H2,1-2H3/t20-/m0/s1. The quantitative estimate of drug-likeness (QED) is 0.556. The molecule has 0 saturated carbocycles. The highest BCUT2D eigenvalue weighted by atomic mass is 35.5. The van der Waals surface area contributed by atoms with Crippen molar-refractivity contribution in [2.45, 2.75) is 51.0 Å². The van der Waals surface area contributed by atoms with E-state index in [4.69, 9.17) is 16.6 Å². The topological polar surface area (TPSA) is 86.7 Å². The number of imide groups is 1. The number of halogens is 1. The second-order valence-electron chi connectivity index (χ2n) is 9.02. The fourth-order valence-corrected chi connectivity index (χ4v) is 4.84. The van der Waals surface area contributed by atoms with E-state index >= 15 is 0 Å². The van der Waals surface area contributed by atoms with E-state index in [-0.39, 0.29) is 43.0 Å². The van der Waals surface area contributed by atoms with Crippen molar-refractivity contribution in [1.82, 2.24) is 19.8 Å². The molecule has 3 heterocycles. The van der Waals surface area contributed by atoms with Crippen LogP contribution in [0, 0.1) is 0 Å². The number of aromatic nitrogens is 2. The first kappa shape index (κ1) is 24.1. The van der Waals surface area contributed by atoms with E-state index in [0.717, 1.165) is 36.1 Å². The van der Waals surface area contributed by atoms with E-state index in [1.165, 1.54) is 4.90 Å². The van der Waals surface area contributed by atoms with Crippen LogP contribution in [0.15, 0.2) is 30.5 Å². The minimum absolute atomic E-state index is 0.0193. The van der Waals surface area contributed by atoms with Crippen molar-refractivity contribution in [3.8, 4) is 11.1 Å². The summed E-state index contributed by atoms with van der Waals surface area (Å²) >= 11 is 6.26. The third kappa shape index (κ3) is 5.22. The van der Waals surface area contributed by atoms with Gasteiger partial charge in [0.15, 0.2) is 0 Å². The number of amides is 3. The number of rotatable bonds is 7. The Kier molecular flexibility index (Phi) is 7.46.